The van der Waals surface area contributed by atoms with Crippen LogP contribution in [0.3, 0.4) is 0 Å². The Morgan fingerprint density at radius 1 is 1.10 bits per heavy atom. The van der Waals surface area contributed by atoms with E-state index in [4.69, 9.17) is 5.73 Å². The predicted molar refractivity (Wildman–Crippen MR) is 88.5 cm³/mol. The molecule has 4 heteroatoms. The molecule has 1 atom stereocenters. The molecule has 4 nitrogen and oxygen atoms in total. The first-order valence-corrected chi connectivity index (χ1v) is 7.32. The van der Waals surface area contributed by atoms with Crippen molar-refractivity contribution in [3.8, 4) is 0 Å². The molecule has 0 aliphatic heterocycles. The van der Waals surface area contributed by atoms with Crippen LogP contribution in [-0.2, 0) is 0 Å². The lowest BCUT2D eigenvalue weighted by Gasteiger charge is -2.27. The minimum atomic E-state index is 0.197. The highest BCUT2D eigenvalue weighted by molar-refractivity contribution is 5.46. The molecule has 0 aliphatic carbocycles. The molecular formula is C17H24N4. The molecule has 0 radical (unpaired) electrons. The average molecular weight is 284 g/mol. The number of nitrogens with zero attached hydrogens (tertiary/aromatic N) is 3. The van der Waals surface area contributed by atoms with Crippen molar-refractivity contribution < 1.29 is 0 Å². The van der Waals surface area contributed by atoms with Gasteiger partial charge in [-0.2, -0.15) is 0 Å². The van der Waals surface area contributed by atoms with E-state index < -0.39 is 0 Å². The standard InChI is InChI=1S/C17H24N4/c1-11(2)17-19-12(3)9-16(20-17)21(5)13(4)14-7-6-8-15(18)10-14/h6-11,13H,18H2,1-5H3. The lowest BCUT2D eigenvalue weighted by molar-refractivity contribution is 0.705. The van der Waals surface area contributed by atoms with Crippen molar-refractivity contribution in [2.45, 2.75) is 39.7 Å². The molecule has 1 aromatic carbocycles. The average Bonchev–Trinajstić information content (AvgIpc) is 2.45. The molecule has 112 valence electrons. The van der Waals surface area contributed by atoms with E-state index >= 15 is 0 Å². The highest BCUT2D eigenvalue weighted by Gasteiger charge is 2.16. The van der Waals surface area contributed by atoms with E-state index in [0.29, 0.717) is 5.92 Å². The van der Waals surface area contributed by atoms with E-state index in [2.05, 4.69) is 48.8 Å². The molecule has 0 saturated carbocycles. The Balaban J connectivity index is 2.33. The van der Waals surface area contributed by atoms with Crippen LogP contribution in [-0.4, -0.2) is 17.0 Å². The molecule has 2 rings (SSSR count). The molecule has 0 bridgehead atoms. The molecule has 0 amide bonds. The van der Waals surface area contributed by atoms with Crippen molar-refractivity contribution in [3.63, 3.8) is 0 Å². The number of hydrogen-bond donors (Lipinski definition) is 1. The SMILES string of the molecule is Cc1cc(N(C)C(C)c2cccc(N)c2)nc(C(C)C)n1. The molecule has 0 fully saturated rings. The number of aryl methyl sites for hydroxylation is 1. The Morgan fingerprint density at radius 3 is 2.43 bits per heavy atom. The maximum absolute atomic E-state index is 5.88. The fourth-order valence-electron chi connectivity index (χ4n) is 2.25. The summed E-state index contributed by atoms with van der Waals surface area (Å²) in [6.45, 7) is 8.39. The van der Waals surface area contributed by atoms with Crippen LogP contribution in [0.5, 0.6) is 0 Å². The molecule has 0 saturated heterocycles. The van der Waals surface area contributed by atoms with Gasteiger partial charge in [0.15, 0.2) is 0 Å². The van der Waals surface area contributed by atoms with Gasteiger partial charge in [-0.05, 0) is 31.5 Å². The fourth-order valence-corrected chi connectivity index (χ4v) is 2.25. The molecule has 2 aromatic rings. The summed E-state index contributed by atoms with van der Waals surface area (Å²) in [7, 11) is 2.06. The van der Waals surface area contributed by atoms with Gasteiger partial charge in [0.2, 0.25) is 0 Å². The van der Waals surface area contributed by atoms with Crippen molar-refractivity contribution >= 4 is 11.5 Å². The first-order valence-electron chi connectivity index (χ1n) is 7.32. The van der Waals surface area contributed by atoms with Crippen LogP contribution in [0.4, 0.5) is 11.5 Å². The number of anilines is 2. The van der Waals surface area contributed by atoms with Gasteiger partial charge in [-0.15, -0.1) is 0 Å². The molecule has 1 heterocycles. The number of rotatable bonds is 4. The Morgan fingerprint density at radius 2 is 1.81 bits per heavy atom. The minimum absolute atomic E-state index is 0.197. The summed E-state index contributed by atoms with van der Waals surface area (Å²) in [6, 6.07) is 10.2. The van der Waals surface area contributed by atoms with Crippen LogP contribution >= 0.6 is 0 Å². The van der Waals surface area contributed by atoms with Gasteiger partial charge in [0.1, 0.15) is 11.6 Å². The van der Waals surface area contributed by atoms with Crippen molar-refractivity contribution in [1.82, 2.24) is 9.97 Å². The second kappa shape index (κ2) is 6.12. The van der Waals surface area contributed by atoms with Crippen LogP contribution in [0.15, 0.2) is 30.3 Å². The summed E-state index contributed by atoms with van der Waals surface area (Å²) in [5, 5.41) is 0. The number of aromatic nitrogens is 2. The molecule has 0 aliphatic rings. The van der Waals surface area contributed by atoms with Crippen LogP contribution in [0.1, 0.15) is 49.8 Å². The molecule has 1 aromatic heterocycles. The second-order valence-electron chi connectivity index (χ2n) is 5.84. The smallest absolute Gasteiger partial charge is 0.133 e. The van der Waals surface area contributed by atoms with E-state index in [1.54, 1.807) is 0 Å². The molecule has 0 spiro atoms. The Hall–Kier alpha value is -2.10. The Bertz CT molecular complexity index is 622. The second-order valence-corrected chi connectivity index (χ2v) is 5.84. The number of hydrogen-bond acceptors (Lipinski definition) is 4. The zero-order chi connectivity index (χ0) is 15.6. The van der Waals surface area contributed by atoms with Crippen molar-refractivity contribution in [2.24, 2.45) is 0 Å². The van der Waals surface area contributed by atoms with E-state index in [-0.39, 0.29) is 6.04 Å². The summed E-state index contributed by atoms with van der Waals surface area (Å²) >= 11 is 0. The highest BCUT2D eigenvalue weighted by Crippen LogP contribution is 2.26. The van der Waals surface area contributed by atoms with Gasteiger partial charge in [-0.25, -0.2) is 9.97 Å². The molecular weight excluding hydrogens is 260 g/mol. The first kappa shape index (κ1) is 15.3. The van der Waals surface area contributed by atoms with Gasteiger partial charge in [0.05, 0.1) is 6.04 Å². The Labute approximate surface area is 127 Å². The number of nitrogen functional groups attached to an aromatic ring is 1. The van der Waals surface area contributed by atoms with Gasteiger partial charge >= 0.3 is 0 Å². The lowest BCUT2D eigenvalue weighted by Crippen LogP contribution is -2.23. The van der Waals surface area contributed by atoms with Gasteiger partial charge < -0.3 is 10.6 Å². The van der Waals surface area contributed by atoms with E-state index in [9.17, 15) is 0 Å². The number of benzene rings is 1. The van der Waals surface area contributed by atoms with E-state index in [1.807, 2.05) is 31.2 Å². The van der Waals surface area contributed by atoms with Crippen molar-refractivity contribution in [1.29, 1.82) is 0 Å². The van der Waals surface area contributed by atoms with Gasteiger partial charge in [-0.1, -0.05) is 26.0 Å². The third-order valence-electron chi connectivity index (χ3n) is 3.71. The summed E-state index contributed by atoms with van der Waals surface area (Å²) in [5.74, 6) is 2.15. The summed E-state index contributed by atoms with van der Waals surface area (Å²) in [6.07, 6.45) is 0. The molecule has 21 heavy (non-hydrogen) atoms. The van der Waals surface area contributed by atoms with E-state index in [0.717, 1.165) is 23.0 Å². The zero-order valence-corrected chi connectivity index (χ0v) is 13.5. The monoisotopic (exact) mass is 284 g/mol. The van der Waals surface area contributed by atoms with Crippen LogP contribution in [0.2, 0.25) is 0 Å². The van der Waals surface area contributed by atoms with Crippen molar-refractivity contribution in [2.75, 3.05) is 17.7 Å². The third-order valence-corrected chi connectivity index (χ3v) is 3.71. The first-order chi connectivity index (χ1) is 9.88. The van der Waals surface area contributed by atoms with Gasteiger partial charge in [0, 0.05) is 30.4 Å². The molecule has 2 N–H and O–H groups in total. The van der Waals surface area contributed by atoms with Gasteiger partial charge in [-0.3, -0.25) is 0 Å². The maximum Gasteiger partial charge on any atom is 0.133 e. The zero-order valence-electron chi connectivity index (χ0n) is 13.5. The topological polar surface area (TPSA) is 55.0 Å². The summed E-state index contributed by atoms with van der Waals surface area (Å²) in [5.41, 5.74) is 8.84. The normalized spacial score (nSPS) is 12.5. The summed E-state index contributed by atoms with van der Waals surface area (Å²) in [4.78, 5) is 11.4. The van der Waals surface area contributed by atoms with E-state index in [1.165, 1.54) is 5.56 Å². The fraction of sp³-hybridized carbons (Fsp3) is 0.412. The van der Waals surface area contributed by atoms with Crippen LogP contribution in [0, 0.1) is 6.92 Å². The van der Waals surface area contributed by atoms with Crippen molar-refractivity contribution in [3.05, 3.63) is 47.4 Å². The predicted octanol–water partition coefficient (Wildman–Crippen LogP) is 3.69. The largest absolute Gasteiger partial charge is 0.399 e. The third kappa shape index (κ3) is 3.51. The van der Waals surface area contributed by atoms with Crippen LogP contribution in [0.25, 0.3) is 0 Å². The quantitative estimate of drug-likeness (QED) is 0.870. The lowest BCUT2D eigenvalue weighted by atomic mass is 10.1. The number of nitrogens with two attached hydrogens (primary N) is 1. The minimum Gasteiger partial charge on any atom is -0.399 e. The van der Waals surface area contributed by atoms with Crippen LogP contribution < -0.4 is 10.6 Å². The maximum atomic E-state index is 5.88. The molecule has 1 unspecified atom stereocenters. The highest BCUT2D eigenvalue weighted by atomic mass is 15.2. The summed E-state index contributed by atoms with van der Waals surface area (Å²) < 4.78 is 0. The Kier molecular flexibility index (Phi) is 4.46. The van der Waals surface area contributed by atoms with Gasteiger partial charge in [0.25, 0.3) is 0 Å².